The molecule has 0 bridgehead atoms. The molecule has 2 aromatic rings. The van der Waals surface area contributed by atoms with Gasteiger partial charge in [-0.3, -0.25) is 5.43 Å². The van der Waals surface area contributed by atoms with Gasteiger partial charge >= 0.3 is 0 Å². The maximum absolute atomic E-state index is 6.07. The van der Waals surface area contributed by atoms with Gasteiger partial charge in [-0.05, 0) is 42.8 Å². The summed E-state index contributed by atoms with van der Waals surface area (Å²) in [6.45, 7) is 1.95. The van der Waals surface area contributed by atoms with Gasteiger partial charge in [-0.2, -0.15) is 5.10 Å². The molecule has 2 aromatic carbocycles. The molecule has 0 spiro atoms. The van der Waals surface area contributed by atoms with E-state index in [0.717, 1.165) is 28.3 Å². The minimum atomic E-state index is 0.703. The summed E-state index contributed by atoms with van der Waals surface area (Å²) in [5.74, 6) is 1.47. The molecular weight excluding hydrogens is 288 g/mol. The number of benzene rings is 2. The van der Waals surface area contributed by atoms with E-state index in [1.807, 2.05) is 43.3 Å². The Bertz CT molecular complexity index is 657. The number of anilines is 1. The smallest absolute Gasteiger partial charge is 0.127 e. The van der Waals surface area contributed by atoms with E-state index in [9.17, 15) is 0 Å². The van der Waals surface area contributed by atoms with Crippen molar-refractivity contribution in [2.24, 2.45) is 5.10 Å². The zero-order valence-corrected chi connectivity index (χ0v) is 12.9. The highest BCUT2D eigenvalue weighted by atomic mass is 35.5. The minimum Gasteiger partial charge on any atom is -0.497 e. The number of hydrogen-bond acceptors (Lipinski definition) is 4. The number of nitrogens with zero attached hydrogens (tertiary/aromatic N) is 1. The number of halogens is 1. The third-order valence-corrected chi connectivity index (χ3v) is 3.41. The molecule has 0 amide bonds. The third-order valence-electron chi connectivity index (χ3n) is 3.01. The van der Waals surface area contributed by atoms with Crippen molar-refractivity contribution < 1.29 is 9.47 Å². The van der Waals surface area contributed by atoms with Gasteiger partial charge in [-0.1, -0.05) is 17.7 Å². The Morgan fingerprint density at radius 1 is 1.10 bits per heavy atom. The molecule has 2 rings (SSSR count). The summed E-state index contributed by atoms with van der Waals surface area (Å²) >= 11 is 6.07. The Morgan fingerprint density at radius 3 is 2.57 bits per heavy atom. The van der Waals surface area contributed by atoms with E-state index in [0.29, 0.717) is 5.02 Å². The highest BCUT2D eigenvalue weighted by Crippen LogP contribution is 2.23. The average molecular weight is 305 g/mol. The van der Waals surface area contributed by atoms with Gasteiger partial charge < -0.3 is 9.47 Å². The van der Waals surface area contributed by atoms with Crippen LogP contribution >= 0.6 is 11.6 Å². The first-order valence-electron chi connectivity index (χ1n) is 6.41. The van der Waals surface area contributed by atoms with Gasteiger partial charge in [-0.15, -0.1) is 0 Å². The largest absolute Gasteiger partial charge is 0.497 e. The molecule has 0 saturated heterocycles. The highest BCUT2D eigenvalue weighted by Gasteiger charge is 2.02. The lowest BCUT2D eigenvalue weighted by molar-refractivity contribution is 0.402. The SMILES string of the molecule is COc1ccc(OC)c(C=NNc2ccc(C)c(Cl)c2)c1. The molecule has 21 heavy (non-hydrogen) atoms. The van der Waals surface area contributed by atoms with Gasteiger partial charge in [0.2, 0.25) is 0 Å². The predicted octanol–water partition coefficient (Wildman–Crippen LogP) is 4.11. The second kappa shape index (κ2) is 6.99. The predicted molar refractivity (Wildman–Crippen MR) is 87.0 cm³/mol. The van der Waals surface area contributed by atoms with Gasteiger partial charge in [0.05, 0.1) is 26.1 Å². The summed E-state index contributed by atoms with van der Waals surface area (Å²) in [4.78, 5) is 0. The van der Waals surface area contributed by atoms with E-state index in [2.05, 4.69) is 10.5 Å². The number of hydrogen-bond donors (Lipinski definition) is 1. The van der Waals surface area contributed by atoms with E-state index in [1.165, 1.54) is 0 Å². The molecule has 5 heteroatoms. The molecule has 0 aliphatic carbocycles. The maximum atomic E-state index is 6.07. The summed E-state index contributed by atoms with van der Waals surface area (Å²) in [5.41, 5.74) is 5.61. The Labute approximate surface area is 129 Å². The molecule has 0 atom stereocenters. The van der Waals surface area contributed by atoms with Crippen molar-refractivity contribution in [1.29, 1.82) is 0 Å². The van der Waals surface area contributed by atoms with Crippen molar-refractivity contribution in [2.45, 2.75) is 6.92 Å². The average Bonchev–Trinajstić information content (AvgIpc) is 2.50. The molecular formula is C16H17ClN2O2. The van der Waals surface area contributed by atoms with Crippen molar-refractivity contribution in [1.82, 2.24) is 0 Å². The van der Waals surface area contributed by atoms with Crippen LogP contribution in [0.5, 0.6) is 11.5 Å². The lowest BCUT2D eigenvalue weighted by Crippen LogP contribution is -1.95. The van der Waals surface area contributed by atoms with Gasteiger partial charge in [0, 0.05) is 10.6 Å². The van der Waals surface area contributed by atoms with E-state index in [4.69, 9.17) is 21.1 Å². The van der Waals surface area contributed by atoms with E-state index in [-0.39, 0.29) is 0 Å². The zero-order valence-electron chi connectivity index (χ0n) is 12.2. The van der Waals surface area contributed by atoms with Gasteiger partial charge in [0.25, 0.3) is 0 Å². The number of hydrazone groups is 1. The van der Waals surface area contributed by atoms with Crippen LogP contribution in [-0.4, -0.2) is 20.4 Å². The van der Waals surface area contributed by atoms with Gasteiger partial charge in [-0.25, -0.2) is 0 Å². The summed E-state index contributed by atoms with van der Waals surface area (Å²) < 4.78 is 10.5. The summed E-state index contributed by atoms with van der Waals surface area (Å²) in [6.07, 6.45) is 1.68. The molecule has 4 nitrogen and oxygen atoms in total. The fourth-order valence-electron chi connectivity index (χ4n) is 1.78. The van der Waals surface area contributed by atoms with Crippen LogP contribution in [0.1, 0.15) is 11.1 Å². The number of methoxy groups -OCH3 is 2. The highest BCUT2D eigenvalue weighted by molar-refractivity contribution is 6.31. The van der Waals surface area contributed by atoms with Crippen molar-refractivity contribution in [2.75, 3.05) is 19.6 Å². The molecule has 1 N–H and O–H groups in total. The molecule has 0 unspecified atom stereocenters. The number of nitrogens with one attached hydrogen (secondary N) is 1. The Hall–Kier alpha value is -2.20. The summed E-state index contributed by atoms with van der Waals surface area (Å²) in [5, 5.41) is 4.90. The van der Waals surface area contributed by atoms with E-state index >= 15 is 0 Å². The fraction of sp³-hybridized carbons (Fsp3) is 0.188. The monoisotopic (exact) mass is 304 g/mol. The van der Waals surface area contributed by atoms with Crippen LogP contribution in [0, 0.1) is 6.92 Å². The molecule has 0 radical (unpaired) electrons. The molecule has 0 aliphatic heterocycles. The van der Waals surface area contributed by atoms with Crippen LogP contribution in [0.15, 0.2) is 41.5 Å². The van der Waals surface area contributed by atoms with Crippen molar-refractivity contribution >= 4 is 23.5 Å². The lowest BCUT2D eigenvalue weighted by Gasteiger charge is -2.07. The molecule has 0 heterocycles. The molecule has 0 aliphatic rings. The second-order valence-electron chi connectivity index (χ2n) is 4.44. The van der Waals surface area contributed by atoms with E-state index in [1.54, 1.807) is 20.4 Å². The first kappa shape index (κ1) is 15.2. The normalized spacial score (nSPS) is 10.7. The van der Waals surface area contributed by atoms with Crippen LogP contribution in [0.4, 0.5) is 5.69 Å². The lowest BCUT2D eigenvalue weighted by atomic mass is 10.2. The Morgan fingerprint density at radius 2 is 1.90 bits per heavy atom. The zero-order chi connectivity index (χ0) is 15.2. The topological polar surface area (TPSA) is 42.9 Å². The molecule has 0 fully saturated rings. The Kier molecular flexibility index (Phi) is 5.06. The number of rotatable bonds is 5. The standard InChI is InChI=1S/C16H17ClN2O2/c1-11-4-5-13(9-15(11)17)19-18-10-12-8-14(20-2)6-7-16(12)21-3/h4-10,19H,1-3H3. The van der Waals surface area contributed by atoms with Gasteiger partial charge in [0.1, 0.15) is 11.5 Å². The van der Waals surface area contributed by atoms with Crippen LogP contribution < -0.4 is 14.9 Å². The molecule has 110 valence electrons. The number of aryl methyl sites for hydroxylation is 1. The Balaban J connectivity index is 2.15. The summed E-state index contributed by atoms with van der Waals surface area (Å²) in [7, 11) is 3.24. The third kappa shape index (κ3) is 3.89. The van der Waals surface area contributed by atoms with Crippen LogP contribution in [0.3, 0.4) is 0 Å². The van der Waals surface area contributed by atoms with Crippen LogP contribution in [0.25, 0.3) is 0 Å². The fourth-order valence-corrected chi connectivity index (χ4v) is 1.96. The second-order valence-corrected chi connectivity index (χ2v) is 4.85. The quantitative estimate of drug-likeness (QED) is 0.667. The molecule has 0 aromatic heterocycles. The minimum absolute atomic E-state index is 0.703. The first-order chi connectivity index (χ1) is 10.1. The summed E-state index contributed by atoms with van der Waals surface area (Å²) in [6, 6.07) is 11.2. The van der Waals surface area contributed by atoms with Crippen LogP contribution in [-0.2, 0) is 0 Å². The van der Waals surface area contributed by atoms with Crippen molar-refractivity contribution in [3.8, 4) is 11.5 Å². The van der Waals surface area contributed by atoms with E-state index < -0.39 is 0 Å². The molecule has 0 saturated carbocycles. The van der Waals surface area contributed by atoms with Crippen molar-refractivity contribution in [3.05, 3.63) is 52.5 Å². The number of ether oxygens (including phenoxy) is 2. The first-order valence-corrected chi connectivity index (χ1v) is 6.79. The van der Waals surface area contributed by atoms with Crippen molar-refractivity contribution in [3.63, 3.8) is 0 Å². The van der Waals surface area contributed by atoms with Crippen LogP contribution in [0.2, 0.25) is 5.02 Å². The van der Waals surface area contributed by atoms with Gasteiger partial charge in [0.15, 0.2) is 0 Å². The maximum Gasteiger partial charge on any atom is 0.127 e.